The van der Waals surface area contributed by atoms with E-state index < -0.39 is 5.66 Å². The summed E-state index contributed by atoms with van der Waals surface area (Å²) in [6.45, 7) is 5.56. The Morgan fingerprint density at radius 2 is 2.03 bits per heavy atom. The zero-order valence-corrected chi connectivity index (χ0v) is 19.0. The van der Waals surface area contributed by atoms with Crippen molar-refractivity contribution in [2.24, 2.45) is 23.2 Å². The highest BCUT2D eigenvalue weighted by Crippen LogP contribution is 2.59. The fraction of sp³-hybridized carbons (Fsp3) is 0.640. The van der Waals surface area contributed by atoms with Gasteiger partial charge in [-0.3, -0.25) is 14.4 Å². The van der Waals surface area contributed by atoms with Gasteiger partial charge in [0.1, 0.15) is 5.66 Å². The Balaban J connectivity index is 1.34. The van der Waals surface area contributed by atoms with Gasteiger partial charge in [0, 0.05) is 30.6 Å². The van der Waals surface area contributed by atoms with Gasteiger partial charge >= 0.3 is 5.97 Å². The van der Waals surface area contributed by atoms with Gasteiger partial charge in [-0.1, -0.05) is 19.1 Å². The molecule has 1 spiro atoms. The van der Waals surface area contributed by atoms with E-state index in [0.717, 1.165) is 44.2 Å². The lowest BCUT2D eigenvalue weighted by atomic mass is 9.51. The Hall–Kier alpha value is -2.57. The second kappa shape index (κ2) is 7.78. The van der Waals surface area contributed by atoms with Crippen LogP contribution in [0, 0.1) is 23.2 Å². The van der Waals surface area contributed by atoms with Gasteiger partial charge in [0.05, 0.1) is 18.1 Å². The van der Waals surface area contributed by atoms with Crippen molar-refractivity contribution >= 4 is 23.5 Å². The van der Waals surface area contributed by atoms with Gasteiger partial charge in [0.25, 0.3) is 5.91 Å². The number of likely N-dealkylation sites (tertiary alicyclic amines) is 1. The molecule has 7 heteroatoms. The number of rotatable bonds is 3. The first kappa shape index (κ1) is 21.3. The summed E-state index contributed by atoms with van der Waals surface area (Å²) < 4.78 is 5.21. The van der Waals surface area contributed by atoms with Gasteiger partial charge in [0.15, 0.2) is 0 Å². The zero-order chi connectivity index (χ0) is 22.5. The zero-order valence-electron chi connectivity index (χ0n) is 19.0. The molecular formula is C25H33N3O4. The van der Waals surface area contributed by atoms with Crippen LogP contribution in [0.2, 0.25) is 0 Å². The number of fused-ring (bicyclic) bond motifs is 3. The van der Waals surface area contributed by atoms with Gasteiger partial charge in [-0.15, -0.1) is 0 Å². The third kappa shape index (κ3) is 3.37. The van der Waals surface area contributed by atoms with E-state index in [0.29, 0.717) is 25.3 Å². The Labute approximate surface area is 189 Å². The normalized spacial score (nSPS) is 35.6. The average Bonchev–Trinajstić information content (AvgIpc) is 2.78. The minimum atomic E-state index is -0.495. The lowest BCUT2D eigenvalue weighted by Crippen LogP contribution is -2.70. The fourth-order valence-electron chi connectivity index (χ4n) is 6.68. The first-order valence-electron chi connectivity index (χ1n) is 12.0. The lowest BCUT2D eigenvalue weighted by molar-refractivity contribution is -0.157. The number of para-hydroxylation sites is 1. The van der Waals surface area contributed by atoms with E-state index in [2.05, 4.69) is 17.6 Å². The molecule has 7 nitrogen and oxygen atoms in total. The highest BCUT2D eigenvalue weighted by molar-refractivity contribution is 6.02. The van der Waals surface area contributed by atoms with Crippen molar-refractivity contribution in [3.63, 3.8) is 0 Å². The van der Waals surface area contributed by atoms with Crippen LogP contribution in [0.3, 0.4) is 0 Å². The van der Waals surface area contributed by atoms with Gasteiger partial charge in [-0.2, -0.15) is 0 Å². The minimum Gasteiger partial charge on any atom is -0.466 e. The van der Waals surface area contributed by atoms with Crippen molar-refractivity contribution in [3.8, 4) is 0 Å². The largest absolute Gasteiger partial charge is 0.466 e. The standard InChI is InChI=1S/C25H33N3O4/c1-3-32-23(31)16-7-6-12-28(14-16)22(30)19-13-17-10-11-24(19,2)15-25(17)26-20-9-5-4-8-18(20)21(29)27-25/h4-5,8-9,16-17,19,26H,3,6-7,10-15H2,1-2H3,(H,27,29)/t16-,17-,19+,24+,25+/m1/s1. The number of carbonyl (C=O) groups excluding carboxylic acids is 3. The predicted molar refractivity (Wildman–Crippen MR) is 120 cm³/mol. The summed E-state index contributed by atoms with van der Waals surface area (Å²) in [7, 11) is 0. The van der Waals surface area contributed by atoms with Crippen LogP contribution in [0.4, 0.5) is 5.69 Å². The van der Waals surface area contributed by atoms with Gasteiger partial charge in [0.2, 0.25) is 5.91 Å². The van der Waals surface area contributed by atoms with E-state index in [1.807, 2.05) is 36.1 Å². The molecule has 1 aromatic rings. The molecule has 0 unspecified atom stereocenters. The molecule has 5 aliphatic rings. The third-order valence-electron chi connectivity index (χ3n) is 8.32. The molecule has 3 aliphatic carbocycles. The number of nitrogens with zero attached hydrogens (tertiary/aromatic N) is 1. The van der Waals surface area contributed by atoms with Crippen LogP contribution in [0.5, 0.6) is 0 Å². The first-order valence-corrected chi connectivity index (χ1v) is 12.0. The van der Waals surface area contributed by atoms with E-state index in [1.165, 1.54) is 0 Å². The summed E-state index contributed by atoms with van der Waals surface area (Å²) in [6.07, 6.45) is 5.07. The number of hydrogen-bond donors (Lipinski definition) is 2. The van der Waals surface area contributed by atoms with Crippen molar-refractivity contribution < 1.29 is 19.1 Å². The first-order chi connectivity index (χ1) is 15.3. The van der Waals surface area contributed by atoms with Crippen LogP contribution in [0.1, 0.15) is 62.7 Å². The number of hydrogen-bond acceptors (Lipinski definition) is 5. The van der Waals surface area contributed by atoms with E-state index in [9.17, 15) is 14.4 Å². The lowest BCUT2D eigenvalue weighted by Gasteiger charge is -2.61. The number of nitrogens with one attached hydrogen (secondary N) is 2. The van der Waals surface area contributed by atoms with Crippen molar-refractivity contribution in [3.05, 3.63) is 29.8 Å². The van der Waals surface area contributed by atoms with Crippen LogP contribution in [0.25, 0.3) is 0 Å². The Bertz CT molecular complexity index is 949. The number of benzene rings is 1. The van der Waals surface area contributed by atoms with E-state index in [4.69, 9.17) is 4.74 Å². The monoisotopic (exact) mass is 439 g/mol. The third-order valence-corrected chi connectivity index (χ3v) is 8.32. The average molecular weight is 440 g/mol. The van der Waals surface area contributed by atoms with Crippen LogP contribution in [-0.2, 0) is 14.3 Å². The molecule has 32 heavy (non-hydrogen) atoms. The maximum Gasteiger partial charge on any atom is 0.310 e. The number of amides is 2. The molecule has 172 valence electrons. The summed E-state index contributed by atoms with van der Waals surface area (Å²) >= 11 is 0. The van der Waals surface area contributed by atoms with Gasteiger partial charge in [-0.25, -0.2) is 0 Å². The second-order valence-corrected chi connectivity index (χ2v) is 10.3. The summed E-state index contributed by atoms with van der Waals surface area (Å²) in [5, 5.41) is 6.94. The molecule has 1 saturated heterocycles. The number of piperidine rings is 1. The molecule has 6 rings (SSSR count). The van der Waals surface area contributed by atoms with E-state index in [-0.39, 0.29) is 41.0 Å². The summed E-state index contributed by atoms with van der Waals surface area (Å²) in [4.78, 5) is 40.7. The molecule has 5 atom stereocenters. The van der Waals surface area contributed by atoms with Crippen LogP contribution in [0.15, 0.2) is 24.3 Å². The van der Waals surface area contributed by atoms with Gasteiger partial charge in [-0.05, 0) is 63.0 Å². The maximum atomic E-state index is 13.7. The van der Waals surface area contributed by atoms with Crippen molar-refractivity contribution in [2.45, 2.75) is 58.0 Å². The molecule has 1 aromatic carbocycles. The fourth-order valence-corrected chi connectivity index (χ4v) is 6.68. The highest BCUT2D eigenvalue weighted by atomic mass is 16.5. The number of carbonyl (C=O) groups is 3. The SMILES string of the molecule is CCOC(=O)[C@@H]1CCCN(C(=O)[C@@H]2C[C@H]3CC[C@@]2(C)C[C@]32NC(=O)c3ccccc3N2)C1. The minimum absolute atomic E-state index is 0.0355. The summed E-state index contributed by atoms with van der Waals surface area (Å²) in [6, 6.07) is 7.63. The van der Waals surface area contributed by atoms with Gasteiger partial charge < -0.3 is 20.3 Å². The molecule has 4 fully saturated rings. The van der Waals surface area contributed by atoms with Crippen LogP contribution < -0.4 is 10.6 Å². The second-order valence-electron chi connectivity index (χ2n) is 10.3. The molecule has 3 saturated carbocycles. The van der Waals surface area contributed by atoms with Crippen molar-refractivity contribution in [2.75, 3.05) is 25.0 Å². The maximum absolute atomic E-state index is 13.7. The van der Waals surface area contributed by atoms with Crippen molar-refractivity contribution in [1.82, 2.24) is 10.2 Å². The number of ether oxygens (including phenoxy) is 1. The smallest absolute Gasteiger partial charge is 0.310 e. The molecule has 0 aromatic heterocycles. The van der Waals surface area contributed by atoms with Crippen LogP contribution >= 0.6 is 0 Å². The molecule has 2 N–H and O–H groups in total. The molecule has 2 bridgehead atoms. The summed E-state index contributed by atoms with van der Waals surface area (Å²) in [5.41, 5.74) is 0.860. The Morgan fingerprint density at radius 3 is 2.81 bits per heavy atom. The number of anilines is 1. The molecular weight excluding hydrogens is 406 g/mol. The quantitative estimate of drug-likeness (QED) is 0.707. The summed E-state index contributed by atoms with van der Waals surface area (Å²) in [5.74, 6) is -0.156. The highest BCUT2D eigenvalue weighted by Gasteiger charge is 2.60. The molecule has 0 radical (unpaired) electrons. The topological polar surface area (TPSA) is 87.7 Å². The van der Waals surface area contributed by atoms with E-state index in [1.54, 1.807) is 0 Å². The van der Waals surface area contributed by atoms with Crippen molar-refractivity contribution in [1.29, 1.82) is 0 Å². The Morgan fingerprint density at radius 1 is 1.22 bits per heavy atom. The molecule has 2 heterocycles. The molecule has 2 amide bonds. The predicted octanol–water partition coefficient (Wildman–Crippen LogP) is 3.17. The molecule has 2 aliphatic heterocycles. The van der Waals surface area contributed by atoms with E-state index >= 15 is 0 Å². The Kier molecular flexibility index (Phi) is 5.18. The van der Waals surface area contributed by atoms with Crippen LogP contribution in [-0.4, -0.2) is 48.0 Å². The number of esters is 1.